The monoisotopic (exact) mass is 289 g/mol. The Bertz CT molecular complexity index is 431. The molecule has 1 N–H and O–H groups in total. The number of halogens is 3. The molecule has 1 aromatic carbocycles. The van der Waals surface area contributed by atoms with Crippen molar-refractivity contribution in [1.82, 2.24) is 15.3 Å². The second-order valence-electron chi connectivity index (χ2n) is 4.78. The predicted octanol–water partition coefficient (Wildman–Crippen LogP) is 1.84. The Hall–Kier alpha value is -1.31. The van der Waals surface area contributed by atoms with Gasteiger partial charge in [-0.3, -0.25) is 5.43 Å². The van der Waals surface area contributed by atoms with Crippen molar-refractivity contribution in [3.05, 3.63) is 29.8 Å². The quantitative estimate of drug-likeness (QED) is 0.915. The SMILES string of the molecule is CN1CCN(NCc2ccccc2OC(F)(F)F)CC1. The van der Waals surface area contributed by atoms with E-state index in [4.69, 9.17) is 0 Å². The zero-order valence-electron chi connectivity index (χ0n) is 11.3. The van der Waals surface area contributed by atoms with Gasteiger partial charge in [0.15, 0.2) is 0 Å². The molecule has 7 heteroatoms. The highest BCUT2D eigenvalue weighted by Gasteiger charge is 2.32. The lowest BCUT2D eigenvalue weighted by Gasteiger charge is -2.32. The van der Waals surface area contributed by atoms with Crippen molar-refractivity contribution in [1.29, 1.82) is 0 Å². The van der Waals surface area contributed by atoms with E-state index in [1.165, 1.54) is 12.1 Å². The number of nitrogens with zero attached hydrogens (tertiary/aromatic N) is 2. The molecule has 2 rings (SSSR count). The van der Waals surface area contributed by atoms with E-state index in [1.54, 1.807) is 12.1 Å². The van der Waals surface area contributed by atoms with Gasteiger partial charge in [0.1, 0.15) is 5.75 Å². The summed E-state index contributed by atoms with van der Waals surface area (Å²) in [6.07, 6.45) is -4.66. The largest absolute Gasteiger partial charge is 0.573 e. The van der Waals surface area contributed by atoms with Gasteiger partial charge < -0.3 is 9.64 Å². The number of ether oxygens (including phenoxy) is 1. The zero-order chi connectivity index (χ0) is 14.6. The van der Waals surface area contributed by atoms with E-state index in [-0.39, 0.29) is 5.75 Å². The molecule has 0 spiro atoms. The van der Waals surface area contributed by atoms with Crippen LogP contribution in [0, 0.1) is 0 Å². The number of para-hydroxylation sites is 1. The van der Waals surface area contributed by atoms with Crippen molar-refractivity contribution in [3.63, 3.8) is 0 Å². The molecule has 112 valence electrons. The van der Waals surface area contributed by atoms with Crippen LogP contribution in [0.25, 0.3) is 0 Å². The van der Waals surface area contributed by atoms with E-state index < -0.39 is 6.36 Å². The summed E-state index contributed by atoms with van der Waals surface area (Å²) < 4.78 is 40.9. The first kappa shape index (κ1) is 15.1. The fourth-order valence-electron chi connectivity index (χ4n) is 2.04. The summed E-state index contributed by atoms with van der Waals surface area (Å²) in [5, 5.41) is 2.02. The number of hydrogen-bond acceptors (Lipinski definition) is 4. The summed E-state index contributed by atoms with van der Waals surface area (Å²) >= 11 is 0. The van der Waals surface area contributed by atoms with Gasteiger partial charge >= 0.3 is 6.36 Å². The Morgan fingerprint density at radius 1 is 1.15 bits per heavy atom. The number of hydrazine groups is 1. The first-order chi connectivity index (χ1) is 9.44. The smallest absolute Gasteiger partial charge is 0.405 e. The molecular formula is C13H18F3N3O. The molecule has 1 fully saturated rings. The summed E-state index contributed by atoms with van der Waals surface area (Å²) in [5.74, 6) is -0.151. The molecule has 1 heterocycles. The van der Waals surface area contributed by atoms with Gasteiger partial charge in [-0.25, -0.2) is 5.01 Å². The van der Waals surface area contributed by atoms with Gasteiger partial charge in [0.2, 0.25) is 0 Å². The number of likely N-dealkylation sites (N-methyl/N-ethyl adjacent to an activating group) is 1. The Morgan fingerprint density at radius 3 is 2.45 bits per heavy atom. The molecule has 1 saturated heterocycles. The maximum Gasteiger partial charge on any atom is 0.573 e. The lowest BCUT2D eigenvalue weighted by atomic mass is 10.2. The predicted molar refractivity (Wildman–Crippen MR) is 69.0 cm³/mol. The number of hydrogen-bond donors (Lipinski definition) is 1. The highest BCUT2D eigenvalue weighted by atomic mass is 19.4. The minimum absolute atomic E-state index is 0.151. The van der Waals surface area contributed by atoms with Crippen molar-refractivity contribution in [2.24, 2.45) is 0 Å². The molecule has 0 unspecified atom stereocenters. The third-order valence-corrected chi connectivity index (χ3v) is 3.19. The summed E-state index contributed by atoms with van der Waals surface area (Å²) in [4.78, 5) is 2.21. The lowest BCUT2D eigenvalue weighted by Crippen LogP contribution is -2.50. The molecule has 0 amide bonds. The van der Waals surface area contributed by atoms with Crippen molar-refractivity contribution in [3.8, 4) is 5.75 Å². The minimum atomic E-state index is -4.66. The van der Waals surface area contributed by atoms with Crippen LogP contribution in [0.4, 0.5) is 13.2 Å². The third kappa shape index (κ3) is 4.66. The minimum Gasteiger partial charge on any atom is -0.405 e. The van der Waals surface area contributed by atoms with Crippen molar-refractivity contribution >= 4 is 0 Å². The summed E-state index contributed by atoms with van der Waals surface area (Å²) in [6, 6.07) is 6.18. The van der Waals surface area contributed by atoms with Gasteiger partial charge in [-0.15, -0.1) is 13.2 Å². The molecule has 20 heavy (non-hydrogen) atoms. The zero-order valence-corrected chi connectivity index (χ0v) is 11.3. The number of nitrogens with one attached hydrogen (secondary N) is 1. The van der Waals surface area contributed by atoms with Crippen LogP contribution in [-0.2, 0) is 6.54 Å². The Kier molecular flexibility index (Phi) is 4.85. The summed E-state index contributed by atoms with van der Waals surface area (Å²) in [5.41, 5.74) is 3.63. The molecule has 4 nitrogen and oxygen atoms in total. The van der Waals surface area contributed by atoms with Crippen LogP contribution in [0.15, 0.2) is 24.3 Å². The van der Waals surface area contributed by atoms with E-state index in [9.17, 15) is 13.2 Å². The second-order valence-corrected chi connectivity index (χ2v) is 4.78. The van der Waals surface area contributed by atoms with E-state index >= 15 is 0 Å². The standard InChI is InChI=1S/C13H18F3N3O/c1-18-6-8-19(9-7-18)17-10-11-4-2-3-5-12(11)20-13(14,15)16/h2-5,17H,6-10H2,1H3. The van der Waals surface area contributed by atoms with Gasteiger partial charge in [0.25, 0.3) is 0 Å². The van der Waals surface area contributed by atoms with Crippen LogP contribution in [0.3, 0.4) is 0 Å². The van der Waals surface area contributed by atoms with Crippen LogP contribution in [0.1, 0.15) is 5.56 Å². The van der Waals surface area contributed by atoms with Gasteiger partial charge in [-0.2, -0.15) is 0 Å². The summed E-state index contributed by atoms with van der Waals surface area (Å²) in [6.45, 7) is 3.88. The van der Waals surface area contributed by atoms with Crippen LogP contribution in [0.5, 0.6) is 5.75 Å². The maximum atomic E-state index is 12.3. The lowest BCUT2D eigenvalue weighted by molar-refractivity contribution is -0.274. The molecule has 0 bridgehead atoms. The van der Waals surface area contributed by atoms with Gasteiger partial charge in [0.05, 0.1) is 0 Å². The molecule has 1 aliphatic rings. The fourth-order valence-corrected chi connectivity index (χ4v) is 2.04. The maximum absolute atomic E-state index is 12.3. The van der Waals surface area contributed by atoms with Gasteiger partial charge in [-0.1, -0.05) is 18.2 Å². The Morgan fingerprint density at radius 2 is 1.80 bits per heavy atom. The number of piperazine rings is 1. The highest BCUT2D eigenvalue weighted by molar-refractivity contribution is 5.33. The normalized spacial score (nSPS) is 18.2. The third-order valence-electron chi connectivity index (χ3n) is 3.19. The molecule has 0 aromatic heterocycles. The number of benzene rings is 1. The molecule has 1 aromatic rings. The Balaban J connectivity index is 1.92. The van der Waals surface area contributed by atoms with Crippen molar-refractivity contribution in [2.45, 2.75) is 12.9 Å². The van der Waals surface area contributed by atoms with E-state index in [1.807, 2.05) is 12.1 Å². The second kappa shape index (κ2) is 6.43. The molecule has 1 aliphatic heterocycles. The first-order valence-corrected chi connectivity index (χ1v) is 6.45. The number of alkyl halides is 3. The molecule has 0 saturated carbocycles. The van der Waals surface area contributed by atoms with E-state index in [2.05, 4.69) is 15.1 Å². The first-order valence-electron chi connectivity index (χ1n) is 6.45. The Labute approximate surface area is 116 Å². The van der Waals surface area contributed by atoms with Gasteiger partial charge in [0, 0.05) is 38.3 Å². The average Bonchev–Trinajstić information content (AvgIpc) is 2.38. The number of rotatable bonds is 4. The molecule has 0 atom stereocenters. The van der Waals surface area contributed by atoms with E-state index in [0.29, 0.717) is 12.1 Å². The highest BCUT2D eigenvalue weighted by Crippen LogP contribution is 2.26. The van der Waals surface area contributed by atoms with Crippen molar-refractivity contribution in [2.75, 3.05) is 33.2 Å². The van der Waals surface area contributed by atoms with Crippen LogP contribution in [0.2, 0.25) is 0 Å². The van der Waals surface area contributed by atoms with Crippen LogP contribution >= 0.6 is 0 Å². The van der Waals surface area contributed by atoms with Gasteiger partial charge in [-0.05, 0) is 13.1 Å². The molecular weight excluding hydrogens is 271 g/mol. The molecule has 0 aliphatic carbocycles. The van der Waals surface area contributed by atoms with E-state index in [0.717, 1.165) is 26.2 Å². The topological polar surface area (TPSA) is 27.7 Å². The fraction of sp³-hybridized carbons (Fsp3) is 0.538. The molecule has 0 radical (unpaired) electrons. The van der Waals surface area contributed by atoms with Crippen LogP contribution < -0.4 is 10.2 Å². The summed E-state index contributed by atoms with van der Waals surface area (Å²) in [7, 11) is 2.05. The average molecular weight is 289 g/mol. The van der Waals surface area contributed by atoms with Crippen molar-refractivity contribution < 1.29 is 17.9 Å². The van der Waals surface area contributed by atoms with Crippen LogP contribution in [-0.4, -0.2) is 49.5 Å².